The van der Waals surface area contributed by atoms with Gasteiger partial charge in [0.25, 0.3) is 0 Å². The summed E-state index contributed by atoms with van der Waals surface area (Å²) in [5.41, 5.74) is 11.0. The van der Waals surface area contributed by atoms with Crippen LogP contribution in [0.5, 0.6) is 0 Å². The molecule has 0 saturated carbocycles. The van der Waals surface area contributed by atoms with Gasteiger partial charge in [-0.3, -0.25) is 0 Å². The molecule has 0 saturated heterocycles. The first-order valence-electron chi connectivity index (χ1n) is 15.9. The molecule has 0 bridgehead atoms. The maximum absolute atomic E-state index is 6.72. The second-order valence-corrected chi connectivity index (χ2v) is 12.0. The minimum absolute atomic E-state index is 0.593. The Morgan fingerprint density at radius 3 is 1.90 bits per heavy atom. The van der Waals surface area contributed by atoms with Crippen LogP contribution in [0.4, 0.5) is 17.1 Å². The fraction of sp³-hybridized carbons (Fsp3) is 0. The van der Waals surface area contributed by atoms with Crippen molar-refractivity contribution in [2.45, 2.75) is 0 Å². The summed E-state index contributed by atoms with van der Waals surface area (Å²) >= 11 is 0. The van der Waals surface area contributed by atoms with E-state index >= 15 is 0 Å². The molecule has 0 aliphatic rings. The third-order valence-corrected chi connectivity index (χ3v) is 9.10. The number of benzene rings is 7. The van der Waals surface area contributed by atoms with E-state index < -0.39 is 0 Å². The second kappa shape index (κ2) is 10.5. The number of oxazole rings is 1. The summed E-state index contributed by atoms with van der Waals surface area (Å²) in [5.74, 6) is 0.593. The van der Waals surface area contributed by atoms with Crippen LogP contribution in [0.15, 0.2) is 171 Å². The Hall–Kier alpha value is -6.59. The van der Waals surface area contributed by atoms with Gasteiger partial charge in [0.1, 0.15) is 22.3 Å². The van der Waals surface area contributed by atoms with Gasteiger partial charge in [-0.05, 0) is 71.8 Å². The van der Waals surface area contributed by atoms with Gasteiger partial charge in [0.15, 0.2) is 11.2 Å². The van der Waals surface area contributed by atoms with Gasteiger partial charge < -0.3 is 18.2 Å². The minimum Gasteiger partial charge on any atom is -0.456 e. The molecule has 5 nitrogen and oxygen atoms in total. The average molecular weight is 619 g/mol. The monoisotopic (exact) mass is 618 g/mol. The Kier molecular flexibility index (Phi) is 5.81. The number of nitrogens with zero attached hydrogens (tertiary/aromatic N) is 2. The second-order valence-electron chi connectivity index (χ2n) is 12.0. The zero-order valence-electron chi connectivity index (χ0n) is 25.6. The van der Waals surface area contributed by atoms with Crippen LogP contribution >= 0.6 is 0 Å². The Balaban J connectivity index is 1.17. The van der Waals surface area contributed by atoms with E-state index in [-0.39, 0.29) is 0 Å². The highest BCUT2D eigenvalue weighted by Crippen LogP contribution is 2.44. The summed E-state index contributed by atoms with van der Waals surface area (Å²) in [6.07, 6.45) is 0. The summed E-state index contributed by atoms with van der Waals surface area (Å²) in [5, 5.41) is 4.13. The van der Waals surface area contributed by atoms with Crippen molar-refractivity contribution in [1.82, 2.24) is 4.98 Å². The molecular formula is C43H26N2O3. The molecule has 10 aromatic rings. The normalized spacial score (nSPS) is 11.8. The first kappa shape index (κ1) is 26.6. The molecule has 3 aromatic heterocycles. The lowest BCUT2D eigenvalue weighted by Gasteiger charge is -2.26. The van der Waals surface area contributed by atoms with Crippen molar-refractivity contribution in [1.29, 1.82) is 0 Å². The average Bonchev–Trinajstić information content (AvgIpc) is 3.85. The van der Waals surface area contributed by atoms with Gasteiger partial charge in [-0.2, -0.15) is 0 Å². The van der Waals surface area contributed by atoms with E-state index in [1.807, 2.05) is 66.7 Å². The number of para-hydroxylation sites is 2. The Bertz CT molecular complexity index is 2770. The number of fused-ring (bicyclic) bond motifs is 7. The largest absolute Gasteiger partial charge is 0.456 e. The van der Waals surface area contributed by atoms with Crippen LogP contribution in [0, 0.1) is 0 Å². The molecule has 0 unspecified atom stereocenters. The Labute approximate surface area is 274 Å². The molecule has 48 heavy (non-hydrogen) atoms. The van der Waals surface area contributed by atoms with Gasteiger partial charge in [-0.15, -0.1) is 0 Å². The lowest BCUT2D eigenvalue weighted by Crippen LogP contribution is -2.10. The van der Waals surface area contributed by atoms with Gasteiger partial charge in [0.2, 0.25) is 5.89 Å². The standard InChI is InChI=1S/C43H26N2O3/c1-3-10-27(11-4-1)28-18-20-30(21-19-28)45(31-22-23-39-34(24-31)32-14-7-8-17-38(32)46-39)37-16-9-15-33-35-25-41-36(26-40(35)47-42(33)37)44-43(48-41)29-12-5-2-6-13-29/h1-26H. The van der Waals surface area contributed by atoms with Crippen LogP contribution in [0.1, 0.15) is 0 Å². The lowest BCUT2D eigenvalue weighted by molar-refractivity contribution is 0.620. The molecule has 0 fully saturated rings. The van der Waals surface area contributed by atoms with E-state index in [2.05, 4.69) is 95.9 Å². The fourth-order valence-electron chi connectivity index (χ4n) is 6.80. The molecule has 7 aromatic carbocycles. The third-order valence-electron chi connectivity index (χ3n) is 9.10. The van der Waals surface area contributed by atoms with Crippen LogP contribution < -0.4 is 4.90 Å². The molecule has 0 N–H and O–H groups in total. The Morgan fingerprint density at radius 1 is 0.396 bits per heavy atom. The molecule has 0 spiro atoms. The van der Waals surface area contributed by atoms with Gasteiger partial charge >= 0.3 is 0 Å². The maximum atomic E-state index is 6.72. The van der Waals surface area contributed by atoms with Crippen LogP contribution in [0.3, 0.4) is 0 Å². The maximum Gasteiger partial charge on any atom is 0.227 e. The number of anilines is 3. The van der Waals surface area contributed by atoms with Crippen LogP contribution in [-0.4, -0.2) is 4.98 Å². The minimum atomic E-state index is 0.593. The molecule has 0 aliphatic heterocycles. The van der Waals surface area contributed by atoms with E-state index in [9.17, 15) is 0 Å². The topological polar surface area (TPSA) is 55.6 Å². The molecular weight excluding hydrogens is 592 g/mol. The number of aromatic nitrogens is 1. The summed E-state index contributed by atoms with van der Waals surface area (Å²) in [4.78, 5) is 7.05. The number of furan rings is 2. The van der Waals surface area contributed by atoms with E-state index in [1.54, 1.807) is 0 Å². The van der Waals surface area contributed by atoms with Crippen LogP contribution in [-0.2, 0) is 0 Å². The summed E-state index contributed by atoms with van der Waals surface area (Å²) in [6, 6.07) is 54.0. The third kappa shape index (κ3) is 4.22. The van der Waals surface area contributed by atoms with Crippen molar-refractivity contribution in [2.75, 3.05) is 4.90 Å². The van der Waals surface area contributed by atoms with Gasteiger partial charge in [0, 0.05) is 44.5 Å². The highest BCUT2D eigenvalue weighted by molar-refractivity contribution is 6.13. The van der Waals surface area contributed by atoms with E-state index in [0.29, 0.717) is 5.89 Å². The van der Waals surface area contributed by atoms with Crippen molar-refractivity contribution in [3.8, 4) is 22.6 Å². The van der Waals surface area contributed by atoms with Crippen LogP contribution in [0.2, 0.25) is 0 Å². The molecule has 0 radical (unpaired) electrons. The van der Waals surface area contributed by atoms with E-state index in [1.165, 1.54) is 5.56 Å². The lowest BCUT2D eigenvalue weighted by atomic mass is 10.0. The highest BCUT2D eigenvalue weighted by atomic mass is 16.4. The van der Waals surface area contributed by atoms with Crippen molar-refractivity contribution in [3.63, 3.8) is 0 Å². The van der Waals surface area contributed by atoms with Crippen molar-refractivity contribution in [2.24, 2.45) is 0 Å². The zero-order chi connectivity index (χ0) is 31.6. The van der Waals surface area contributed by atoms with E-state index in [0.717, 1.165) is 83.2 Å². The first-order valence-corrected chi connectivity index (χ1v) is 15.9. The van der Waals surface area contributed by atoms with Crippen molar-refractivity contribution < 1.29 is 13.3 Å². The first-order chi connectivity index (χ1) is 23.8. The smallest absolute Gasteiger partial charge is 0.227 e. The summed E-state index contributed by atoms with van der Waals surface area (Å²) in [7, 11) is 0. The predicted octanol–water partition coefficient (Wildman–Crippen LogP) is 12.4. The highest BCUT2D eigenvalue weighted by Gasteiger charge is 2.22. The predicted molar refractivity (Wildman–Crippen MR) is 194 cm³/mol. The quantitative estimate of drug-likeness (QED) is 0.192. The SMILES string of the molecule is c1ccc(-c2ccc(N(c3ccc4oc5ccccc5c4c3)c3cccc4c3oc3cc5nc(-c6ccccc6)oc5cc34)cc2)cc1. The van der Waals surface area contributed by atoms with Crippen LogP contribution in [0.25, 0.3) is 77.6 Å². The van der Waals surface area contributed by atoms with Crippen molar-refractivity contribution in [3.05, 3.63) is 158 Å². The summed E-state index contributed by atoms with van der Waals surface area (Å²) < 4.78 is 19.2. The fourth-order valence-corrected chi connectivity index (χ4v) is 6.80. The molecule has 5 heteroatoms. The molecule has 3 heterocycles. The molecule has 226 valence electrons. The summed E-state index contributed by atoms with van der Waals surface area (Å²) in [6.45, 7) is 0. The van der Waals surface area contributed by atoms with Gasteiger partial charge in [-0.1, -0.05) is 91.0 Å². The number of hydrogen-bond donors (Lipinski definition) is 0. The Morgan fingerprint density at radius 2 is 1.06 bits per heavy atom. The van der Waals surface area contributed by atoms with Gasteiger partial charge in [0.05, 0.1) is 5.69 Å². The molecule has 10 rings (SSSR count). The van der Waals surface area contributed by atoms with Gasteiger partial charge in [-0.25, -0.2) is 4.98 Å². The molecule has 0 atom stereocenters. The number of hydrogen-bond acceptors (Lipinski definition) is 5. The zero-order valence-corrected chi connectivity index (χ0v) is 25.6. The molecule has 0 amide bonds. The molecule has 0 aliphatic carbocycles. The van der Waals surface area contributed by atoms with E-state index in [4.69, 9.17) is 18.2 Å². The van der Waals surface area contributed by atoms with Crippen molar-refractivity contribution >= 4 is 72.0 Å². The number of rotatable bonds is 5.